The standard InChI is InChI=1S/C4H12N.C4H4O4/c1-5(2,3)4;5-3(6)1-2-4(7)8/h1-4H3;1-2H,(H,5,6)(H,7,8)/q+1;/p-1. The molecule has 0 heterocycles. The van der Waals surface area contributed by atoms with E-state index in [-0.39, 0.29) is 0 Å². The lowest BCUT2D eigenvalue weighted by molar-refractivity contribution is -0.849. The van der Waals surface area contributed by atoms with Gasteiger partial charge in [-0.05, 0) is 6.08 Å². The van der Waals surface area contributed by atoms with Crippen LogP contribution in [0.25, 0.3) is 0 Å². The van der Waals surface area contributed by atoms with Crippen molar-refractivity contribution in [2.45, 2.75) is 0 Å². The van der Waals surface area contributed by atoms with Crippen LogP contribution >= 0.6 is 0 Å². The van der Waals surface area contributed by atoms with Crippen molar-refractivity contribution in [2.24, 2.45) is 0 Å². The molecule has 0 unspecified atom stereocenters. The fourth-order valence-electron chi connectivity index (χ4n) is 0.139. The minimum atomic E-state index is -1.51. The summed E-state index contributed by atoms with van der Waals surface area (Å²) in [4.78, 5) is 19.0. The number of carbonyl (C=O) groups excluding carboxylic acids is 1. The van der Waals surface area contributed by atoms with E-state index in [0.29, 0.717) is 12.2 Å². The second kappa shape index (κ2) is 6.19. The predicted octanol–water partition coefficient (Wildman–Crippen LogP) is -1.30. The molecule has 76 valence electrons. The summed E-state index contributed by atoms with van der Waals surface area (Å²) in [5, 5.41) is 17.2. The van der Waals surface area contributed by atoms with E-state index >= 15 is 0 Å². The first-order valence-corrected chi connectivity index (χ1v) is 3.54. The quantitative estimate of drug-likeness (QED) is 0.432. The summed E-state index contributed by atoms with van der Waals surface area (Å²) in [6.07, 6.45) is 0.942. The average molecular weight is 189 g/mol. The molecule has 1 N–H and O–H groups in total. The van der Waals surface area contributed by atoms with Crippen LogP contribution in [0.15, 0.2) is 12.2 Å². The molecule has 0 aromatic carbocycles. The maximum absolute atomic E-state index is 9.53. The van der Waals surface area contributed by atoms with Crippen LogP contribution in [-0.4, -0.2) is 49.7 Å². The molecule has 0 saturated heterocycles. The molecule has 5 heteroatoms. The number of carboxylic acid groups (broad SMARTS) is 2. The highest BCUT2D eigenvalue weighted by atomic mass is 16.4. The predicted molar refractivity (Wildman–Crippen MR) is 45.7 cm³/mol. The number of aliphatic carboxylic acids is 2. The smallest absolute Gasteiger partial charge is 0.328 e. The molecule has 5 nitrogen and oxygen atoms in total. The summed E-state index contributed by atoms with van der Waals surface area (Å²) in [7, 11) is 8.50. The number of hydrogen-bond acceptors (Lipinski definition) is 3. The number of carboxylic acids is 2. The van der Waals surface area contributed by atoms with Gasteiger partial charge in [0.15, 0.2) is 0 Å². The highest BCUT2D eigenvalue weighted by Gasteiger charge is 1.88. The van der Waals surface area contributed by atoms with E-state index in [2.05, 4.69) is 28.2 Å². The first kappa shape index (κ1) is 14.2. The summed E-state index contributed by atoms with van der Waals surface area (Å²) in [5.41, 5.74) is 0. The Bertz CT molecular complexity index is 181. The van der Waals surface area contributed by atoms with Gasteiger partial charge in [0.05, 0.1) is 34.2 Å². The Morgan fingerprint density at radius 1 is 1.15 bits per heavy atom. The van der Waals surface area contributed by atoms with Crippen molar-refractivity contribution in [1.29, 1.82) is 0 Å². The lowest BCUT2D eigenvalue weighted by Gasteiger charge is -2.14. The fourth-order valence-corrected chi connectivity index (χ4v) is 0.139. The largest absolute Gasteiger partial charge is 0.545 e. The fraction of sp³-hybridized carbons (Fsp3) is 0.500. The third-order valence-electron chi connectivity index (χ3n) is 0.362. The monoisotopic (exact) mass is 189 g/mol. The molecule has 0 spiro atoms. The van der Waals surface area contributed by atoms with Crippen molar-refractivity contribution in [3.8, 4) is 0 Å². The Hall–Kier alpha value is -1.36. The van der Waals surface area contributed by atoms with E-state index in [4.69, 9.17) is 5.11 Å². The van der Waals surface area contributed by atoms with Crippen LogP contribution in [-0.2, 0) is 9.59 Å². The van der Waals surface area contributed by atoms with Gasteiger partial charge in [0, 0.05) is 6.08 Å². The van der Waals surface area contributed by atoms with Crippen LogP contribution in [0.3, 0.4) is 0 Å². The molecule has 0 amide bonds. The van der Waals surface area contributed by atoms with Crippen molar-refractivity contribution < 1.29 is 24.3 Å². The molecular weight excluding hydrogens is 174 g/mol. The topological polar surface area (TPSA) is 77.4 Å². The maximum Gasteiger partial charge on any atom is 0.328 e. The summed E-state index contributed by atoms with van der Waals surface area (Å²) in [6.45, 7) is 0. The first-order chi connectivity index (χ1) is 5.63. The van der Waals surface area contributed by atoms with E-state index in [1.54, 1.807) is 0 Å². The molecule has 0 rings (SSSR count). The van der Waals surface area contributed by atoms with Gasteiger partial charge in [-0.2, -0.15) is 0 Å². The molecular formula is C8H15NO4. The zero-order chi connectivity index (χ0) is 11.1. The van der Waals surface area contributed by atoms with E-state index in [9.17, 15) is 14.7 Å². The third kappa shape index (κ3) is 59.9. The highest BCUT2D eigenvalue weighted by Crippen LogP contribution is 1.73. The first-order valence-electron chi connectivity index (χ1n) is 3.54. The van der Waals surface area contributed by atoms with Gasteiger partial charge in [0.2, 0.25) is 0 Å². The van der Waals surface area contributed by atoms with Crippen molar-refractivity contribution in [3.63, 3.8) is 0 Å². The lowest BCUT2D eigenvalue weighted by Crippen LogP contribution is -2.27. The van der Waals surface area contributed by atoms with Crippen LogP contribution in [0, 0.1) is 0 Å². The van der Waals surface area contributed by atoms with Gasteiger partial charge in [-0.25, -0.2) is 4.79 Å². The van der Waals surface area contributed by atoms with Crippen LogP contribution < -0.4 is 5.11 Å². The van der Waals surface area contributed by atoms with E-state index in [1.807, 2.05) is 0 Å². The summed E-state index contributed by atoms with van der Waals surface area (Å²) in [6, 6.07) is 0. The SMILES string of the molecule is C[N+](C)(C)C.O=C([O-])C=CC(=O)O. The van der Waals surface area contributed by atoms with Crippen LogP contribution in [0.4, 0.5) is 0 Å². The second-order valence-electron chi connectivity index (χ2n) is 3.67. The highest BCUT2D eigenvalue weighted by molar-refractivity contribution is 5.88. The van der Waals surface area contributed by atoms with Crippen LogP contribution in [0.1, 0.15) is 0 Å². The van der Waals surface area contributed by atoms with Gasteiger partial charge in [-0.3, -0.25) is 0 Å². The number of carbonyl (C=O) groups is 2. The molecule has 0 aromatic rings. The number of rotatable bonds is 2. The minimum absolute atomic E-state index is 0.447. The van der Waals surface area contributed by atoms with E-state index in [1.165, 1.54) is 0 Å². The van der Waals surface area contributed by atoms with Crippen molar-refractivity contribution in [2.75, 3.05) is 28.2 Å². The van der Waals surface area contributed by atoms with Crippen molar-refractivity contribution in [3.05, 3.63) is 12.2 Å². The Balaban J connectivity index is 0. The molecule has 0 radical (unpaired) electrons. The zero-order valence-electron chi connectivity index (χ0n) is 8.27. The van der Waals surface area contributed by atoms with Gasteiger partial charge in [-0.1, -0.05) is 0 Å². The van der Waals surface area contributed by atoms with Gasteiger partial charge >= 0.3 is 5.97 Å². The molecule has 0 atom stereocenters. The molecule has 0 aliphatic rings. The average Bonchev–Trinajstić information content (AvgIpc) is 1.79. The van der Waals surface area contributed by atoms with E-state index < -0.39 is 11.9 Å². The molecule has 0 fully saturated rings. The maximum atomic E-state index is 9.53. The molecule has 13 heavy (non-hydrogen) atoms. The van der Waals surface area contributed by atoms with Gasteiger partial charge in [0.1, 0.15) is 0 Å². The minimum Gasteiger partial charge on any atom is -0.545 e. The summed E-state index contributed by atoms with van der Waals surface area (Å²) >= 11 is 0. The molecule has 0 bridgehead atoms. The Morgan fingerprint density at radius 3 is 1.54 bits per heavy atom. The van der Waals surface area contributed by atoms with Gasteiger partial charge < -0.3 is 19.5 Å². The number of quaternary nitrogens is 1. The third-order valence-corrected chi connectivity index (χ3v) is 0.362. The van der Waals surface area contributed by atoms with Crippen LogP contribution in [0.2, 0.25) is 0 Å². The van der Waals surface area contributed by atoms with Crippen molar-refractivity contribution in [1.82, 2.24) is 0 Å². The molecule has 0 aliphatic heterocycles. The summed E-state index contributed by atoms with van der Waals surface area (Å²) in [5.74, 6) is -2.80. The summed E-state index contributed by atoms with van der Waals surface area (Å²) < 4.78 is 1.00. The second-order valence-corrected chi connectivity index (χ2v) is 3.67. The number of nitrogens with zero attached hydrogens (tertiary/aromatic N) is 1. The zero-order valence-corrected chi connectivity index (χ0v) is 8.27. The molecule has 0 saturated carbocycles. The Morgan fingerprint density at radius 2 is 1.46 bits per heavy atom. The van der Waals surface area contributed by atoms with Gasteiger partial charge in [-0.15, -0.1) is 0 Å². The van der Waals surface area contributed by atoms with E-state index in [0.717, 1.165) is 4.48 Å². The Labute approximate surface area is 77.5 Å². The van der Waals surface area contributed by atoms with Gasteiger partial charge in [0.25, 0.3) is 0 Å². The number of hydrogen-bond donors (Lipinski definition) is 1. The van der Waals surface area contributed by atoms with Crippen molar-refractivity contribution >= 4 is 11.9 Å². The lowest BCUT2D eigenvalue weighted by atomic mass is 10.5. The Kier molecular flexibility index (Phi) is 6.75. The molecule has 0 aromatic heterocycles. The molecule has 0 aliphatic carbocycles. The normalized spacial score (nSPS) is 10.5. The van der Waals surface area contributed by atoms with Crippen LogP contribution in [0.5, 0.6) is 0 Å².